The second-order valence-electron chi connectivity index (χ2n) is 6.23. The Labute approximate surface area is 165 Å². The Kier molecular flexibility index (Phi) is 8.48. The van der Waals surface area contributed by atoms with Crippen molar-refractivity contribution in [1.29, 1.82) is 0 Å². The predicted octanol–water partition coefficient (Wildman–Crippen LogP) is 3.49. The number of para-hydroxylation sites is 1. The molecule has 0 saturated heterocycles. The summed E-state index contributed by atoms with van der Waals surface area (Å²) in [4.78, 5) is 0. The minimum Gasteiger partial charge on any atom is -0.489 e. The Hall–Kier alpha value is -0.683. The fourth-order valence-corrected chi connectivity index (χ4v) is 1.87. The SMILES string of the molecule is C[C-](C)C(C)(C)N[B]c1ccccc1OCc1ccccc1.[U]. The largest absolute Gasteiger partial charge is 0.489 e. The fourth-order valence-electron chi connectivity index (χ4n) is 1.87. The zero-order valence-corrected chi connectivity index (χ0v) is 18.6. The summed E-state index contributed by atoms with van der Waals surface area (Å²) in [6.45, 7) is 9.20. The Morgan fingerprint density at radius 3 is 2.26 bits per heavy atom. The molecule has 0 atom stereocenters. The van der Waals surface area contributed by atoms with Gasteiger partial charge in [0.15, 0.2) is 0 Å². The standard InChI is InChI=1S/C19H24BNO.U/c1-15(2)19(3,4)21-20-17-12-8-9-13-18(17)22-14-16-10-6-5-7-11-16;/h5-13,21H,14H2,1-4H3;/q-1;. The van der Waals surface area contributed by atoms with Gasteiger partial charge in [0.05, 0.1) is 0 Å². The maximum atomic E-state index is 5.97. The zero-order chi connectivity index (χ0) is 16.0. The molecule has 0 amide bonds. The topological polar surface area (TPSA) is 21.3 Å². The van der Waals surface area contributed by atoms with Crippen molar-refractivity contribution in [3.8, 4) is 5.75 Å². The van der Waals surface area contributed by atoms with E-state index in [2.05, 4.69) is 51.1 Å². The van der Waals surface area contributed by atoms with E-state index in [9.17, 15) is 0 Å². The molecular weight excluding hydrogens is 507 g/mol. The van der Waals surface area contributed by atoms with Crippen LogP contribution in [0, 0.1) is 37.0 Å². The van der Waals surface area contributed by atoms with Crippen LogP contribution < -0.4 is 15.4 Å². The van der Waals surface area contributed by atoms with Crippen molar-refractivity contribution in [2.24, 2.45) is 0 Å². The Balaban J connectivity index is 0.00000264. The molecule has 1 radical (unpaired) electrons. The molecule has 0 unspecified atom stereocenters. The molecule has 0 aromatic heterocycles. The predicted molar refractivity (Wildman–Crippen MR) is 94.4 cm³/mol. The van der Waals surface area contributed by atoms with E-state index in [4.69, 9.17) is 4.74 Å². The summed E-state index contributed by atoms with van der Waals surface area (Å²) in [5, 5.41) is 3.47. The summed E-state index contributed by atoms with van der Waals surface area (Å²) < 4.78 is 5.97. The number of rotatable bonds is 7. The average Bonchev–Trinajstić information content (AvgIpc) is 2.52. The maximum Gasteiger partial charge on any atom is 0.247 e. The van der Waals surface area contributed by atoms with Crippen LogP contribution in [-0.2, 0) is 6.61 Å². The van der Waals surface area contributed by atoms with E-state index in [1.165, 1.54) is 11.5 Å². The van der Waals surface area contributed by atoms with Gasteiger partial charge in [0.25, 0.3) is 0 Å². The summed E-state index contributed by atoms with van der Waals surface area (Å²) in [5.74, 6) is 2.23. The molecule has 119 valence electrons. The number of benzene rings is 2. The maximum absolute atomic E-state index is 5.97. The smallest absolute Gasteiger partial charge is 0.247 e. The minimum atomic E-state index is -0.0352. The van der Waals surface area contributed by atoms with Gasteiger partial charge in [-0.25, -0.2) is 0 Å². The third-order valence-electron chi connectivity index (χ3n) is 3.99. The van der Waals surface area contributed by atoms with Crippen LogP contribution in [0.3, 0.4) is 0 Å². The van der Waals surface area contributed by atoms with E-state index < -0.39 is 0 Å². The number of nitrogens with one attached hydrogen (secondary N) is 1. The van der Waals surface area contributed by atoms with Gasteiger partial charge in [-0.1, -0.05) is 62.4 Å². The summed E-state index contributed by atoms with van der Waals surface area (Å²) in [7, 11) is 2.04. The van der Waals surface area contributed by atoms with E-state index in [0.29, 0.717) is 6.61 Å². The van der Waals surface area contributed by atoms with Crippen molar-refractivity contribution >= 4 is 12.9 Å². The van der Waals surface area contributed by atoms with Crippen LogP contribution in [0.2, 0.25) is 0 Å². The first-order chi connectivity index (χ1) is 10.5. The molecule has 0 aliphatic rings. The van der Waals surface area contributed by atoms with Crippen molar-refractivity contribution in [3.63, 3.8) is 0 Å². The van der Waals surface area contributed by atoms with Gasteiger partial charge < -0.3 is 15.9 Å². The quantitative estimate of drug-likeness (QED) is 0.437. The Bertz CT molecular complexity index is 587. The van der Waals surface area contributed by atoms with Gasteiger partial charge in [-0.05, 0) is 17.1 Å². The summed E-state index contributed by atoms with van der Waals surface area (Å²) in [6, 6.07) is 18.3. The van der Waals surface area contributed by atoms with Crippen molar-refractivity contribution in [2.75, 3.05) is 0 Å². The van der Waals surface area contributed by atoms with Crippen LogP contribution in [0.15, 0.2) is 54.6 Å². The molecule has 0 aliphatic heterocycles. The molecule has 2 aromatic carbocycles. The van der Waals surface area contributed by atoms with Gasteiger partial charge in [0.2, 0.25) is 7.41 Å². The van der Waals surface area contributed by atoms with Crippen LogP contribution >= 0.6 is 0 Å². The van der Waals surface area contributed by atoms with Crippen molar-refractivity contribution < 1.29 is 35.9 Å². The van der Waals surface area contributed by atoms with Gasteiger partial charge in [-0.2, -0.15) is 13.8 Å². The second-order valence-corrected chi connectivity index (χ2v) is 6.23. The molecule has 1 N–H and O–H groups in total. The molecule has 0 fully saturated rings. The zero-order valence-electron chi connectivity index (χ0n) is 14.4. The molecule has 0 spiro atoms. The molecule has 4 heteroatoms. The third kappa shape index (κ3) is 6.38. The first kappa shape index (κ1) is 20.4. The van der Waals surface area contributed by atoms with Crippen molar-refractivity contribution in [2.45, 2.75) is 39.8 Å². The van der Waals surface area contributed by atoms with E-state index in [0.717, 1.165) is 11.2 Å². The number of ether oxygens (including phenoxy) is 1. The Morgan fingerprint density at radius 2 is 1.61 bits per heavy atom. The number of hydrogen-bond donors (Lipinski definition) is 1. The van der Waals surface area contributed by atoms with E-state index >= 15 is 0 Å². The summed E-state index contributed by atoms with van der Waals surface area (Å²) in [5.41, 5.74) is 2.20. The van der Waals surface area contributed by atoms with Crippen LogP contribution in [0.4, 0.5) is 0 Å². The molecule has 2 rings (SSSR count). The summed E-state index contributed by atoms with van der Waals surface area (Å²) in [6.07, 6.45) is 0. The minimum absolute atomic E-state index is 0. The molecule has 0 saturated carbocycles. The molecule has 0 aliphatic carbocycles. The molecule has 0 heterocycles. The first-order valence-electron chi connectivity index (χ1n) is 7.66. The Morgan fingerprint density at radius 1 is 1.00 bits per heavy atom. The molecule has 2 nitrogen and oxygen atoms in total. The molecule has 2 aromatic rings. The van der Waals surface area contributed by atoms with Gasteiger partial charge in [-0.3, -0.25) is 0 Å². The number of hydrogen-bond acceptors (Lipinski definition) is 2. The van der Waals surface area contributed by atoms with Crippen LogP contribution in [-0.4, -0.2) is 13.0 Å². The van der Waals surface area contributed by atoms with Crippen molar-refractivity contribution in [1.82, 2.24) is 5.23 Å². The second kappa shape index (κ2) is 9.57. The monoisotopic (exact) mass is 531 g/mol. The average molecular weight is 531 g/mol. The fraction of sp³-hybridized carbons (Fsp3) is 0.316. The van der Waals surface area contributed by atoms with Gasteiger partial charge in [0, 0.05) is 31.1 Å². The molecule has 0 bridgehead atoms. The molecule has 23 heavy (non-hydrogen) atoms. The van der Waals surface area contributed by atoms with Crippen LogP contribution in [0.25, 0.3) is 0 Å². The van der Waals surface area contributed by atoms with E-state index in [1.54, 1.807) is 0 Å². The van der Waals surface area contributed by atoms with Crippen molar-refractivity contribution in [3.05, 3.63) is 66.1 Å². The van der Waals surface area contributed by atoms with Gasteiger partial charge in [-0.15, -0.1) is 5.54 Å². The normalized spacial score (nSPS) is 11.0. The van der Waals surface area contributed by atoms with Gasteiger partial charge >= 0.3 is 0 Å². The van der Waals surface area contributed by atoms with E-state index in [-0.39, 0.29) is 36.7 Å². The first-order valence-corrected chi connectivity index (χ1v) is 7.66. The van der Waals surface area contributed by atoms with Crippen LogP contribution in [0.5, 0.6) is 5.75 Å². The summed E-state index contributed by atoms with van der Waals surface area (Å²) >= 11 is 0. The van der Waals surface area contributed by atoms with Gasteiger partial charge in [0.1, 0.15) is 12.4 Å². The van der Waals surface area contributed by atoms with Crippen LogP contribution in [0.1, 0.15) is 33.3 Å². The molecular formula is C19H24BNOU-. The third-order valence-corrected chi connectivity index (χ3v) is 3.99. The van der Waals surface area contributed by atoms with E-state index in [1.807, 2.05) is 43.8 Å².